The van der Waals surface area contributed by atoms with Crippen molar-refractivity contribution in [2.75, 3.05) is 26.9 Å². The van der Waals surface area contributed by atoms with Crippen molar-refractivity contribution >= 4 is 29.3 Å². The van der Waals surface area contributed by atoms with Crippen LogP contribution in [0.15, 0.2) is 18.2 Å². The molecule has 4 fully saturated rings. The highest BCUT2D eigenvalue weighted by Gasteiger charge is 2.55. The number of aryl methyl sites for hydroxylation is 1. The Balaban J connectivity index is 1.23. The van der Waals surface area contributed by atoms with Crippen LogP contribution >= 0.6 is 0 Å². The molecule has 46 heavy (non-hydrogen) atoms. The Bertz CT molecular complexity index is 1480. The number of ether oxygens (including phenoxy) is 4. The monoisotopic (exact) mass is 634 g/mol. The SMILES string of the molecule is COc1ccc2nc3c(nc2c1)O[C@H]1CN(C(=O)[C@H](C2(C)CCOCC2)NC(=O)O[C@@H]2CC4CC4[C@H]2CCCCC3)[C@H](C=O)[C@@H]1C. The quantitative estimate of drug-likeness (QED) is 0.486. The van der Waals surface area contributed by atoms with Crippen LogP contribution in [0.25, 0.3) is 11.0 Å². The van der Waals surface area contributed by atoms with Crippen LogP contribution in [-0.4, -0.2) is 84.3 Å². The van der Waals surface area contributed by atoms with Crippen molar-refractivity contribution < 1.29 is 33.3 Å². The lowest BCUT2D eigenvalue weighted by molar-refractivity contribution is -0.142. The number of nitrogens with one attached hydrogen (secondary N) is 1. The third-order valence-electron chi connectivity index (χ3n) is 11.5. The van der Waals surface area contributed by atoms with Gasteiger partial charge in [-0.3, -0.25) is 4.79 Å². The molecule has 8 atom stereocenters. The zero-order chi connectivity index (χ0) is 32.0. The predicted molar refractivity (Wildman–Crippen MR) is 168 cm³/mol. The molecule has 2 aliphatic carbocycles. The van der Waals surface area contributed by atoms with Crippen molar-refractivity contribution in [1.29, 1.82) is 0 Å². The van der Waals surface area contributed by atoms with E-state index in [0.717, 1.165) is 49.6 Å². The molecule has 11 heteroatoms. The van der Waals surface area contributed by atoms with E-state index >= 15 is 0 Å². The number of carbonyl (C=O) groups excluding carboxylic acids is 3. The van der Waals surface area contributed by atoms with Crippen molar-refractivity contribution in [3.8, 4) is 11.6 Å². The average molecular weight is 635 g/mol. The molecule has 1 aromatic carbocycles. The summed E-state index contributed by atoms with van der Waals surface area (Å²) in [7, 11) is 1.62. The molecule has 2 saturated carbocycles. The van der Waals surface area contributed by atoms with Crippen molar-refractivity contribution in [2.45, 2.75) is 95.9 Å². The number of rotatable bonds is 3. The molecule has 2 saturated heterocycles. The molecule has 3 aliphatic heterocycles. The number of hydrogen-bond acceptors (Lipinski definition) is 9. The molecule has 248 valence electrons. The second-order valence-corrected chi connectivity index (χ2v) is 14.4. The van der Waals surface area contributed by atoms with Gasteiger partial charge < -0.3 is 34.0 Å². The van der Waals surface area contributed by atoms with Gasteiger partial charge in [0, 0.05) is 30.6 Å². The zero-order valence-electron chi connectivity index (χ0n) is 27.1. The number of amides is 2. The minimum absolute atomic E-state index is 0.136. The smallest absolute Gasteiger partial charge is 0.408 e. The third-order valence-corrected chi connectivity index (χ3v) is 11.5. The second-order valence-electron chi connectivity index (χ2n) is 14.4. The first-order chi connectivity index (χ1) is 22.3. The summed E-state index contributed by atoms with van der Waals surface area (Å²) in [5.74, 6) is 2.10. The Morgan fingerprint density at radius 3 is 2.63 bits per heavy atom. The van der Waals surface area contributed by atoms with Crippen LogP contribution in [0.5, 0.6) is 11.6 Å². The summed E-state index contributed by atoms with van der Waals surface area (Å²) >= 11 is 0. The molecule has 2 amide bonds. The summed E-state index contributed by atoms with van der Waals surface area (Å²) in [6, 6.07) is 4.04. The lowest BCUT2D eigenvalue weighted by atomic mass is 9.75. The molecule has 2 aromatic rings. The average Bonchev–Trinajstić information content (AvgIpc) is 3.63. The van der Waals surface area contributed by atoms with Gasteiger partial charge in [0.1, 0.15) is 36.0 Å². The molecule has 4 heterocycles. The van der Waals surface area contributed by atoms with Gasteiger partial charge >= 0.3 is 6.09 Å². The summed E-state index contributed by atoms with van der Waals surface area (Å²) in [6.07, 6.45) is 7.66. The van der Waals surface area contributed by atoms with Gasteiger partial charge in [-0.05, 0) is 74.8 Å². The van der Waals surface area contributed by atoms with Crippen LogP contribution in [-0.2, 0) is 25.5 Å². The second kappa shape index (κ2) is 12.6. The number of alkyl carbamates (subject to hydrolysis) is 1. The maximum atomic E-state index is 14.5. The third kappa shape index (κ3) is 5.91. The normalized spacial score (nSPS) is 34.5. The molecule has 2 unspecified atom stereocenters. The fourth-order valence-corrected chi connectivity index (χ4v) is 8.46. The molecule has 0 spiro atoms. The number of hydrogen-bond donors (Lipinski definition) is 1. The van der Waals surface area contributed by atoms with Crippen molar-refractivity contribution in [1.82, 2.24) is 20.2 Å². The zero-order valence-corrected chi connectivity index (χ0v) is 27.1. The molecule has 5 aliphatic rings. The van der Waals surface area contributed by atoms with Crippen LogP contribution < -0.4 is 14.8 Å². The summed E-state index contributed by atoms with van der Waals surface area (Å²) in [4.78, 5) is 52.1. The van der Waals surface area contributed by atoms with Gasteiger partial charge in [-0.1, -0.05) is 26.7 Å². The number of benzene rings is 1. The van der Waals surface area contributed by atoms with Crippen LogP contribution in [0.2, 0.25) is 0 Å². The van der Waals surface area contributed by atoms with Gasteiger partial charge in [0.2, 0.25) is 11.8 Å². The number of aldehydes is 1. The van der Waals surface area contributed by atoms with E-state index in [1.807, 2.05) is 32.0 Å². The predicted octanol–water partition coefficient (Wildman–Crippen LogP) is 4.48. The summed E-state index contributed by atoms with van der Waals surface area (Å²) in [6.45, 7) is 5.13. The van der Waals surface area contributed by atoms with Crippen molar-refractivity contribution in [3.05, 3.63) is 23.9 Å². The maximum Gasteiger partial charge on any atom is 0.408 e. The molecule has 1 aromatic heterocycles. The van der Waals surface area contributed by atoms with Gasteiger partial charge in [-0.25, -0.2) is 14.8 Å². The van der Waals surface area contributed by atoms with Crippen molar-refractivity contribution in [3.63, 3.8) is 0 Å². The molecular formula is C35H46N4O7. The number of carbonyl (C=O) groups is 3. The Morgan fingerprint density at radius 1 is 1.02 bits per heavy atom. The van der Waals surface area contributed by atoms with E-state index in [9.17, 15) is 14.4 Å². The van der Waals surface area contributed by atoms with Gasteiger partial charge in [0.25, 0.3) is 0 Å². The van der Waals surface area contributed by atoms with Gasteiger partial charge in [-0.2, -0.15) is 0 Å². The van der Waals surface area contributed by atoms with E-state index in [-0.39, 0.29) is 24.5 Å². The fourth-order valence-electron chi connectivity index (χ4n) is 8.46. The molecule has 7 rings (SSSR count). The number of aromatic nitrogens is 2. The van der Waals surface area contributed by atoms with Crippen LogP contribution in [0.1, 0.15) is 70.9 Å². The Hall–Kier alpha value is -3.47. The number of methoxy groups -OCH3 is 1. The molecule has 1 N–H and O–H groups in total. The van der Waals surface area contributed by atoms with Gasteiger partial charge in [0.15, 0.2) is 0 Å². The Kier molecular flexibility index (Phi) is 8.54. The molecule has 0 radical (unpaired) electrons. The van der Waals surface area contributed by atoms with E-state index in [2.05, 4.69) is 5.32 Å². The highest BCUT2D eigenvalue weighted by atomic mass is 16.6. The number of nitrogens with zero attached hydrogens (tertiary/aromatic N) is 3. The highest BCUT2D eigenvalue weighted by molar-refractivity contribution is 5.89. The fraction of sp³-hybridized carbons (Fsp3) is 0.686. The maximum absolute atomic E-state index is 14.5. The van der Waals surface area contributed by atoms with Crippen LogP contribution in [0.4, 0.5) is 4.79 Å². The van der Waals surface area contributed by atoms with Crippen LogP contribution in [0, 0.1) is 29.1 Å². The first-order valence-electron chi connectivity index (χ1n) is 17.1. The Labute approximate surface area is 270 Å². The molecular weight excluding hydrogens is 588 g/mol. The summed E-state index contributed by atoms with van der Waals surface area (Å²) in [5, 5.41) is 3.01. The van der Waals surface area contributed by atoms with E-state index in [4.69, 9.17) is 28.9 Å². The largest absolute Gasteiger partial charge is 0.497 e. The van der Waals surface area contributed by atoms with Crippen LogP contribution in [0.3, 0.4) is 0 Å². The van der Waals surface area contributed by atoms with E-state index in [1.54, 1.807) is 12.0 Å². The standard InChI is InChI=1S/C35H46N4O7/c1-20-28(19-40)39-18-30(20)45-32-26(36-25-10-9-22(43-3)17-27(25)37-32)8-6-4-5-7-23-24-15-21(24)16-29(23)46-34(42)38-31(33(39)41)35(2)11-13-44-14-12-35/h9-10,17,19-21,23-24,28-31H,4-8,11-16,18H2,1-3H3,(H,38,42)/t20-,21?,23+,24?,28+,29+,30-,31+/m0/s1. The van der Waals surface area contributed by atoms with E-state index in [1.165, 1.54) is 6.42 Å². The first kappa shape index (κ1) is 31.1. The summed E-state index contributed by atoms with van der Waals surface area (Å²) in [5.41, 5.74) is 1.65. The highest BCUT2D eigenvalue weighted by Crippen LogP contribution is 2.57. The van der Waals surface area contributed by atoms with Gasteiger partial charge in [-0.15, -0.1) is 0 Å². The van der Waals surface area contributed by atoms with E-state index in [0.29, 0.717) is 67.4 Å². The lowest BCUT2D eigenvalue weighted by Crippen LogP contribution is -2.59. The topological polar surface area (TPSA) is 129 Å². The first-order valence-corrected chi connectivity index (χ1v) is 17.1. The lowest BCUT2D eigenvalue weighted by Gasteiger charge is -2.41. The number of fused-ring (bicyclic) bond motifs is 7. The minimum atomic E-state index is -0.867. The summed E-state index contributed by atoms with van der Waals surface area (Å²) < 4.78 is 23.8. The van der Waals surface area contributed by atoms with Crippen molar-refractivity contribution in [2.24, 2.45) is 29.1 Å². The van der Waals surface area contributed by atoms with Gasteiger partial charge in [0.05, 0.1) is 30.7 Å². The molecule has 2 bridgehead atoms. The minimum Gasteiger partial charge on any atom is -0.497 e. The molecule has 11 nitrogen and oxygen atoms in total. The Morgan fingerprint density at radius 2 is 1.85 bits per heavy atom. The van der Waals surface area contributed by atoms with E-state index < -0.39 is 29.7 Å².